The van der Waals surface area contributed by atoms with Crippen LogP contribution in [0.15, 0.2) is 18.2 Å². The first-order chi connectivity index (χ1) is 8.54. The number of halogens is 1. The van der Waals surface area contributed by atoms with Crippen molar-refractivity contribution in [2.24, 2.45) is 0 Å². The number of anilines is 1. The summed E-state index contributed by atoms with van der Waals surface area (Å²) in [4.78, 5) is 12.9. The summed E-state index contributed by atoms with van der Waals surface area (Å²) in [6.07, 6.45) is 1.20. The molecule has 0 radical (unpaired) electrons. The summed E-state index contributed by atoms with van der Waals surface area (Å²) in [5.41, 5.74) is 0.686. The second-order valence-corrected chi connectivity index (χ2v) is 4.17. The summed E-state index contributed by atoms with van der Waals surface area (Å²) in [7, 11) is 4.89. The smallest absolute Gasteiger partial charge is 0.222 e. The molecular weight excluding hydrogens is 235 g/mol. The van der Waals surface area contributed by atoms with Crippen LogP contribution in [0.2, 0.25) is 0 Å². The molecule has 0 atom stereocenters. The Labute approximate surface area is 107 Å². The Morgan fingerprint density at radius 2 is 2.17 bits per heavy atom. The molecule has 1 aromatic carbocycles. The molecule has 0 saturated carbocycles. The number of benzene rings is 1. The highest BCUT2D eigenvalue weighted by atomic mass is 19.1. The molecule has 0 aliphatic rings. The maximum Gasteiger partial charge on any atom is 0.222 e. The Hall–Kier alpha value is -1.78. The average Bonchev–Trinajstić information content (AvgIpc) is 2.34. The van der Waals surface area contributed by atoms with Gasteiger partial charge in [-0.2, -0.15) is 0 Å². The van der Waals surface area contributed by atoms with E-state index >= 15 is 0 Å². The van der Waals surface area contributed by atoms with Gasteiger partial charge in [-0.1, -0.05) is 0 Å². The Morgan fingerprint density at radius 3 is 2.72 bits per heavy atom. The summed E-state index contributed by atoms with van der Waals surface area (Å²) >= 11 is 0. The first kappa shape index (κ1) is 14.3. The average molecular weight is 254 g/mol. The van der Waals surface area contributed by atoms with Gasteiger partial charge in [-0.25, -0.2) is 4.39 Å². The maximum absolute atomic E-state index is 13.4. The number of ether oxygens (including phenoxy) is 1. The van der Waals surface area contributed by atoms with Gasteiger partial charge in [-0.3, -0.25) is 4.79 Å². The quantitative estimate of drug-likeness (QED) is 0.791. The number of nitrogens with one attached hydrogen (secondary N) is 1. The number of rotatable bonds is 6. The van der Waals surface area contributed by atoms with Crippen LogP contribution in [0.5, 0.6) is 5.75 Å². The molecule has 0 aliphatic heterocycles. The van der Waals surface area contributed by atoms with Crippen molar-refractivity contribution in [3.8, 4) is 5.75 Å². The van der Waals surface area contributed by atoms with E-state index in [1.807, 2.05) is 0 Å². The van der Waals surface area contributed by atoms with Crippen molar-refractivity contribution in [2.75, 3.05) is 33.1 Å². The van der Waals surface area contributed by atoms with Gasteiger partial charge >= 0.3 is 0 Å². The van der Waals surface area contributed by atoms with E-state index in [1.54, 1.807) is 31.1 Å². The highest BCUT2D eigenvalue weighted by Crippen LogP contribution is 2.20. The van der Waals surface area contributed by atoms with Gasteiger partial charge in [0, 0.05) is 38.8 Å². The van der Waals surface area contributed by atoms with Crippen molar-refractivity contribution in [1.29, 1.82) is 0 Å². The summed E-state index contributed by atoms with van der Waals surface area (Å²) in [5, 5.41) is 3.06. The largest absolute Gasteiger partial charge is 0.494 e. The minimum atomic E-state index is -0.396. The monoisotopic (exact) mass is 254 g/mol. The first-order valence-corrected chi connectivity index (χ1v) is 5.82. The topological polar surface area (TPSA) is 41.6 Å². The van der Waals surface area contributed by atoms with Gasteiger partial charge in [-0.15, -0.1) is 0 Å². The molecule has 1 aromatic rings. The number of nitrogens with zero attached hydrogens (tertiary/aromatic N) is 1. The number of amides is 1. The standard InChI is InChI=1S/C13H19FN2O2/c1-16(2)13(17)5-4-8-15-10-6-7-12(18-3)11(14)9-10/h6-7,9,15H,4-5,8H2,1-3H3. The van der Waals surface area contributed by atoms with Crippen molar-refractivity contribution < 1.29 is 13.9 Å². The predicted octanol–water partition coefficient (Wildman–Crippen LogP) is 2.11. The normalized spacial score (nSPS) is 10.0. The molecule has 5 heteroatoms. The van der Waals surface area contributed by atoms with E-state index in [9.17, 15) is 9.18 Å². The van der Waals surface area contributed by atoms with Gasteiger partial charge in [0.15, 0.2) is 11.6 Å². The third-order valence-electron chi connectivity index (χ3n) is 2.55. The van der Waals surface area contributed by atoms with Crippen LogP contribution in [-0.4, -0.2) is 38.6 Å². The molecule has 0 aromatic heterocycles. The fraction of sp³-hybridized carbons (Fsp3) is 0.462. The second-order valence-electron chi connectivity index (χ2n) is 4.17. The van der Waals surface area contributed by atoms with E-state index in [0.717, 1.165) is 0 Å². The Kier molecular flexibility index (Phi) is 5.42. The lowest BCUT2D eigenvalue weighted by molar-refractivity contribution is -0.128. The van der Waals surface area contributed by atoms with Crippen LogP contribution >= 0.6 is 0 Å². The van der Waals surface area contributed by atoms with Crippen LogP contribution in [-0.2, 0) is 4.79 Å². The van der Waals surface area contributed by atoms with Crippen molar-refractivity contribution in [2.45, 2.75) is 12.8 Å². The highest BCUT2D eigenvalue weighted by molar-refractivity contribution is 5.75. The molecule has 0 unspecified atom stereocenters. The van der Waals surface area contributed by atoms with E-state index in [0.29, 0.717) is 25.1 Å². The lowest BCUT2D eigenvalue weighted by Crippen LogP contribution is -2.22. The van der Waals surface area contributed by atoms with Gasteiger partial charge in [0.2, 0.25) is 5.91 Å². The molecule has 0 saturated heterocycles. The van der Waals surface area contributed by atoms with Gasteiger partial charge in [-0.05, 0) is 18.6 Å². The highest BCUT2D eigenvalue weighted by Gasteiger charge is 2.04. The van der Waals surface area contributed by atoms with E-state index in [-0.39, 0.29) is 11.7 Å². The number of hydrogen-bond acceptors (Lipinski definition) is 3. The minimum Gasteiger partial charge on any atom is -0.494 e. The minimum absolute atomic E-state index is 0.0951. The summed E-state index contributed by atoms with van der Waals surface area (Å²) in [6.45, 7) is 0.630. The van der Waals surface area contributed by atoms with E-state index in [1.165, 1.54) is 13.2 Å². The van der Waals surface area contributed by atoms with Crippen LogP contribution in [0, 0.1) is 5.82 Å². The molecule has 18 heavy (non-hydrogen) atoms. The molecule has 1 rings (SSSR count). The lowest BCUT2D eigenvalue weighted by atomic mass is 10.2. The van der Waals surface area contributed by atoms with E-state index < -0.39 is 5.82 Å². The number of carbonyl (C=O) groups excluding carboxylic acids is 1. The van der Waals surface area contributed by atoms with Gasteiger partial charge in [0.05, 0.1) is 7.11 Å². The molecule has 4 nitrogen and oxygen atoms in total. The number of methoxy groups -OCH3 is 1. The molecule has 0 aliphatic carbocycles. The molecule has 0 bridgehead atoms. The Balaban J connectivity index is 2.36. The molecule has 0 heterocycles. The third kappa shape index (κ3) is 4.24. The molecule has 0 fully saturated rings. The van der Waals surface area contributed by atoms with Crippen molar-refractivity contribution in [3.05, 3.63) is 24.0 Å². The lowest BCUT2D eigenvalue weighted by Gasteiger charge is -2.11. The summed E-state index contributed by atoms with van der Waals surface area (Å²) in [6, 6.07) is 4.70. The fourth-order valence-corrected chi connectivity index (χ4v) is 1.47. The van der Waals surface area contributed by atoms with Crippen LogP contribution in [0.3, 0.4) is 0 Å². The van der Waals surface area contributed by atoms with E-state index in [4.69, 9.17) is 4.74 Å². The van der Waals surface area contributed by atoms with E-state index in [2.05, 4.69) is 5.32 Å². The van der Waals surface area contributed by atoms with Gasteiger partial charge in [0.25, 0.3) is 0 Å². The Bertz CT molecular complexity index is 408. The van der Waals surface area contributed by atoms with Crippen LogP contribution in [0.1, 0.15) is 12.8 Å². The number of carbonyl (C=O) groups is 1. The van der Waals surface area contributed by atoms with Crippen LogP contribution < -0.4 is 10.1 Å². The molecule has 1 N–H and O–H groups in total. The summed E-state index contributed by atoms with van der Waals surface area (Å²) in [5.74, 6) is -0.0760. The summed E-state index contributed by atoms with van der Waals surface area (Å²) < 4.78 is 18.2. The SMILES string of the molecule is COc1ccc(NCCCC(=O)N(C)C)cc1F. The van der Waals surface area contributed by atoms with Crippen LogP contribution in [0.25, 0.3) is 0 Å². The molecule has 100 valence electrons. The first-order valence-electron chi connectivity index (χ1n) is 5.82. The third-order valence-corrected chi connectivity index (χ3v) is 2.55. The molecule has 1 amide bonds. The van der Waals surface area contributed by atoms with Crippen molar-refractivity contribution in [1.82, 2.24) is 4.90 Å². The maximum atomic E-state index is 13.4. The zero-order valence-corrected chi connectivity index (χ0v) is 11.0. The van der Waals surface area contributed by atoms with Crippen molar-refractivity contribution >= 4 is 11.6 Å². The Morgan fingerprint density at radius 1 is 1.44 bits per heavy atom. The second kappa shape index (κ2) is 6.83. The number of hydrogen-bond donors (Lipinski definition) is 1. The fourth-order valence-electron chi connectivity index (χ4n) is 1.47. The van der Waals surface area contributed by atoms with Crippen molar-refractivity contribution in [3.63, 3.8) is 0 Å². The van der Waals surface area contributed by atoms with Crippen LogP contribution in [0.4, 0.5) is 10.1 Å². The predicted molar refractivity (Wildman–Crippen MR) is 69.4 cm³/mol. The molecular formula is C13H19FN2O2. The zero-order valence-electron chi connectivity index (χ0n) is 11.0. The molecule has 0 spiro atoms. The van der Waals surface area contributed by atoms with Gasteiger partial charge in [0.1, 0.15) is 0 Å². The zero-order chi connectivity index (χ0) is 13.5. The van der Waals surface area contributed by atoms with Gasteiger partial charge < -0.3 is 15.0 Å².